The molecule has 0 saturated heterocycles. The summed E-state index contributed by atoms with van der Waals surface area (Å²) in [7, 11) is 2.50. The van der Waals surface area contributed by atoms with E-state index in [1.807, 2.05) is 0 Å². The molecule has 1 rings (SSSR count). The first-order valence-corrected chi connectivity index (χ1v) is 7.43. The van der Waals surface area contributed by atoms with Crippen molar-refractivity contribution in [3.8, 4) is 0 Å². The van der Waals surface area contributed by atoms with Gasteiger partial charge in [-0.05, 0) is 25.3 Å². The summed E-state index contributed by atoms with van der Waals surface area (Å²) in [6.45, 7) is 2.24. The smallest absolute Gasteiger partial charge is 0.233 e. The van der Waals surface area contributed by atoms with Gasteiger partial charge in [0.2, 0.25) is 8.40 Å². The second-order valence-corrected chi connectivity index (χ2v) is 7.41. The third-order valence-electron chi connectivity index (χ3n) is 2.75. The minimum atomic E-state index is -1.62. The molecule has 0 amide bonds. The lowest BCUT2D eigenvalue weighted by atomic mass is 10.4. The van der Waals surface area contributed by atoms with Crippen molar-refractivity contribution >= 4 is 13.6 Å². The molecule has 0 aliphatic rings. The molecule has 0 radical (unpaired) electrons. The van der Waals surface area contributed by atoms with Gasteiger partial charge in [0.25, 0.3) is 0 Å². The van der Waals surface area contributed by atoms with Gasteiger partial charge in [0.15, 0.2) is 0 Å². The van der Waals surface area contributed by atoms with Crippen molar-refractivity contribution in [3.63, 3.8) is 0 Å². The number of benzene rings is 1. The Hall–Kier alpha value is -0.643. The lowest BCUT2D eigenvalue weighted by Gasteiger charge is -2.30. The molecule has 0 spiro atoms. The van der Waals surface area contributed by atoms with E-state index in [1.54, 1.807) is 0 Å². The fourth-order valence-corrected chi connectivity index (χ4v) is 5.03. The molecule has 0 aliphatic heterocycles. The van der Waals surface area contributed by atoms with Crippen molar-refractivity contribution in [1.29, 1.82) is 0 Å². The normalized spacial score (nSPS) is 11.6. The van der Waals surface area contributed by atoms with Crippen LogP contribution in [0, 0.1) is 0 Å². The molecule has 0 unspecified atom stereocenters. The number of hydrogen-bond acceptors (Lipinski definition) is 2. The van der Waals surface area contributed by atoms with Gasteiger partial charge in [-0.25, -0.2) is 0 Å². The number of rotatable bonds is 5. The van der Waals surface area contributed by atoms with Crippen LogP contribution in [0.25, 0.3) is 0 Å². The summed E-state index contributed by atoms with van der Waals surface area (Å²) in [5, 5.41) is 1.44. The Bertz CT molecular complexity index is 257. The second-order valence-electron chi connectivity index (χ2n) is 3.52. The molecule has 14 heavy (non-hydrogen) atoms. The Morgan fingerprint density at radius 2 is 1.64 bits per heavy atom. The molecule has 1 aromatic carbocycles. The summed E-state index contributed by atoms with van der Waals surface area (Å²) < 4.78 is 0. The van der Waals surface area contributed by atoms with Gasteiger partial charge in [0.05, 0.1) is 0 Å². The summed E-state index contributed by atoms with van der Waals surface area (Å²) in [6.07, 6.45) is 1.21. The van der Waals surface area contributed by atoms with Crippen molar-refractivity contribution in [1.82, 2.24) is 9.96 Å². The third kappa shape index (κ3) is 2.23. The maximum atomic E-state index is 3.51. The van der Waals surface area contributed by atoms with Crippen molar-refractivity contribution in [2.75, 3.05) is 14.1 Å². The number of hydrogen-bond donors (Lipinski definition) is 2. The highest BCUT2D eigenvalue weighted by Gasteiger charge is 2.31. The zero-order valence-corrected chi connectivity index (χ0v) is 10.3. The fourth-order valence-electron chi connectivity index (χ4n) is 1.91. The molecule has 0 saturated carbocycles. The van der Waals surface area contributed by atoms with Crippen LogP contribution in [0.15, 0.2) is 30.3 Å². The van der Waals surface area contributed by atoms with E-state index in [0.717, 1.165) is 0 Å². The number of nitrogens with one attached hydrogen (secondary N) is 2. The van der Waals surface area contributed by atoms with Crippen molar-refractivity contribution in [3.05, 3.63) is 30.3 Å². The van der Waals surface area contributed by atoms with Gasteiger partial charge in [-0.2, -0.15) is 0 Å². The minimum Gasteiger partial charge on any atom is -0.325 e. The fraction of sp³-hybridized carbons (Fsp3) is 0.455. The molecule has 78 valence electrons. The van der Waals surface area contributed by atoms with Crippen LogP contribution in [0.5, 0.6) is 0 Å². The Balaban J connectivity index is 2.98. The van der Waals surface area contributed by atoms with E-state index < -0.39 is 8.40 Å². The summed E-state index contributed by atoms with van der Waals surface area (Å²) in [5.41, 5.74) is 0. The van der Waals surface area contributed by atoms with Gasteiger partial charge in [-0.1, -0.05) is 43.7 Å². The molecule has 2 N–H and O–H groups in total. The second kappa shape index (κ2) is 5.29. The van der Waals surface area contributed by atoms with Gasteiger partial charge < -0.3 is 9.96 Å². The zero-order valence-electron chi connectivity index (χ0n) is 9.30. The van der Waals surface area contributed by atoms with Gasteiger partial charge in [-0.3, -0.25) is 0 Å². The quantitative estimate of drug-likeness (QED) is 0.710. The van der Waals surface area contributed by atoms with E-state index in [0.29, 0.717) is 0 Å². The highest BCUT2D eigenvalue weighted by molar-refractivity contribution is 6.87. The molecule has 0 bridgehead atoms. The van der Waals surface area contributed by atoms with E-state index in [9.17, 15) is 0 Å². The maximum Gasteiger partial charge on any atom is 0.233 e. The first-order chi connectivity index (χ1) is 6.79. The van der Waals surface area contributed by atoms with Gasteiger partial charge in [0.1, 0.15) is 0 Å². The molecule has 0 aliphatic carbocycles. The predicted molar refractivity (Wildman–Crippen MR) is 65.0 cm³/mol. The third-order valence-corrected chi connectivity index (χ3v) is 7.02. The molecule has 0 atom stereocenters. The lowest BCUT2D eigenvalue weighted by Crippen LogP contribution is -2.68. The topological polar surface area (TPSA) is 24.1 Å². The zero-order chi connectivity index (χ0) is 10.4. The highest BCUT2D eigenvalue weighted by atomic mass is 28.3. The van der Waals surface area contributed by atoms with Crippen LogP contribution in [0.2, 0.25) is 6.04 Å². The van der Waals surface area contributed by atoms with E-state index in [2.05, 4.69) is 61.3 Å². The molecule has 0 aromatic heterocycles. The first-order valence-electron chi connectivity index (χ1n) is 5.22. The van der Waals surface area contributed by atoms with E-state index in [-0.39, 0.29) is 0 Å². The monoisotopic (exact) mass is 208 g/mol. The Kier molecular flexibility index (Phi) is 4.32. The minimum absolute atomic E-state index is 1.21. The van der Waals surface area contributed by atoms with Crippen LogP contribution in [0.4, 0.5) is 0 Å². The van der Waals surface area contributed by atoms with Crippen LogP contribution in [-0.4, -0.2) is 22.5 Å². The van der Waals surface area contributed by atoms with E-state index in [4.69, 9.17) is 0 Å². The molecular formula is C11H20N2Si. The molecule has 3 heteroatoms. The van der Waals surface area contributed by atoms with Crippen molar-refractivity contribution in [2.45, 2.75) is 19.4 Å². The Morgan fingerprint density at radius 3 is 2.07 bits per heavy atom. The lowest BCUT2D eigenvalue weighted by molar-refractivity contribution is 0.939. The Morgan fingerprint density at radius 1 is 1.07 bits per heavy atom. The highest BCUT2D eigenvalue weighted by Crippen LogP contribution is 2.05. The van der Waals surface area contributed by atoms with Crippen LogP contribution < -0.4 is 15.2 Å². The van der Waals surface area contributed by atoms with E-state index in [1.165, 1.54) is 17.7 Å². The SMILES string of the molecule is CCC[Si](NC)(NC)c1ccccc1. The first kappa shape index (κ1) is 11.4. The van der Waals surface area contributed by atoms with Gasteiger partial charge in [0, 0.05) is 0 Å². The van der Waals surface area contributed by atoms with E-state index >= 15 is 0 Å². The van der Waals surface area contributed by atoms with Crippen LogP contribution in [0.3, 0.4) is 0 Å². The van der Waals surface area contributed by atoms with Crippen molar-refractivity contribution < 1.29 is 0 Å². The maximum absolute atomic E-state index is 3.51. The van der Waals surface area contributed by atoms with Crippen LogP contribution >= 0.6 is 0 Å². The summed E-state index contributed by atoms with van der Waals surface area (Å²) in [6, 6.07) is 12.0. The molecule has 1 aromatic rings. The summed E-state index contributed by atoms with van der Waals surface area (Å²) >= 11 is 0. The van der Waals surface area contributed by atoms with Gasteiger partial charge in [-0.15, -0.1) is 0 Å². The molecular weight excluding hydrogens is 188 g/mol. The average molecular weight is 208 g/mol. The summed E-state index contributed by atoms with van der Waals surface area (Å²) in [5.74, 6) is 0. The summed E-state index contributed by atoms with van der Waals surface area (Å²) in [4.78, 5) is 7.02. The predicted octanol–water partition coefficient (Wildman–Crippen LogP) is 1.18. The molecule has 2 nitrogen and oxygen atoms in total. The largest absolute Gasteiger partial charge is 0.325 e. The van der Waals surface area contributed by atoms with Crippen molar-refractivity contribution in [2.24, 2.45) is 0 Å². The van der Waals surface area contributed by atoms with Crippen LogP contribution in [-0.2, 0) is 0 Å². The Labute approximate surface area is 87.9 Å². The van der Waals surface area contributed by atoms with Gasteiger partial charge >= 0.3 is 0 Å². The molecule has 0 heterocycles. The molecule has 0 fully saturated rings. The van der Waals surface area contributed by atoms with Crippen LogP contribution in [0.1, 0.15) is 13.3 Å². The standard InChI is InChI=1S/C11H20N2Si/c1-4-10-14(12-2,13-3)11-8-6-5-7-9-11/h5-9,12-13H,4,10H2,1-3H3. The average Bonchev–Trinajstić information content (AvgIpc) is 2.27.